The molecule has 0 radical (unpaired) electrons. The predicted molar refractivity (Wildman–Crippen MR) is 77.9 cm³/mol. The van der Waals surface area contributed by atoms with Gasteiger partial charge in [-0.25, -0.2) is 4.68 Å². The number of esters is 1. The van der Waals surface area contributed by atoms with E-state index >= 15 is 0 Å². The molecule has 9 heteroatoms. The molecule has 0 bridgehead atoms. The molecule has 3 rings (SSSR count). The Hall–Kier alpha value is -1.64. The van der Waals surface area contributed by atoms with Gasteiger partial charge in [0.05, 0.1) is 12.3 Å². The van der Waals surface area contributed by atoms with Gasteiger partial charge in [0.2, 0.25) is 11.1 Å². The second kappa shape index (κ2) is 6.23. The van der Waals surface area contributed by atoms with E-state index in [9.17, 15) is 9.59 Å². The quantitative estimate of drug-likeness (QED) is 0.472. The van der Waals surface area contributed by atoms with Gasteiger partial charge < -0.3 is 10.1 Å². The zero-order valence-corrected chi connectivity index (χ0v) is 13.3. The standard InChI is InChI=1S/C13H19N5O3S/c1-18-12(15-16-17-18)22-7-6-14-11(20)9-8-10(19)21-13(9)4-2-3-5-13/h9H,2-8H2,1H3,(H,14,20)/t9-/m1/s1. The van der Waals surface area contributed by atoms with Crippen molar-refractivity contribution in [3.63, 3.8) is 0 Å². The average Bonchev–Trinajstić information content (AvgIpc) is 3.18. The van der Waals surface area contributed by atoms with Crippen LogP contribution in [0.4, 0.5) is 0 Å². The summed E-state index contributed by atoms with van der Waals surface area (Å²) in [6.07, 6.45) is 3.84. The van der Waals surface area contributed by atoms with Crippen molar-refractivity contribution in [2.45, 2.75) is 42.9 Å². The molecule has 0 aromatic carbocycles. The number of aryl methyl sites for hydroxylation is 1. The maximum absolute atomic E-state index is 12.4. The van der Waals surface area contributed by atoms with Crippen LogP contribution >= 0.6 is 11.8 Å². The number of amides is 1. The molecule has 1 spiro atoms. The molecule has 22 heavy (non-hydrogen) atoms. The number of tetrazole rings is 1. The minimum atomic E-state index is -0.540. The molecular formula is C13H19N5O3S. The predicted octanol–water partition coefficient (Wildman–Crippen LogP) is 0.294. The van der Waals surface area contributed by atoms with Crippen LogP contribution in [-0.4, -0.2) is 50.0 Å². The third-order valence-electron chi connectivity index (χ3n) is 4.30. The highest BCUT2D eigenvalue weighted by molar-refractivity contribution is 7.99. The van der Waals surface area contributed by atoms with Crippen LogP contribution in [0.3, 0.4) is 0 Å². The van der Waals surface area contributed by atoms with Crippen molar-refractivity contribution in [1.29, 1.82) is 0 Å². The molecule has 1 aromatic rings. The highest BCUT2D eigenvalue weighted by atomic mass is 32.2. The van der Waals surface area contributed by atoms with Crippen LogP contribution in [-0.2, 0) is 21.4 Å². The largest absolute Gasteiger partial charge is 0.458 e. The minimum absolute atomic E-state index is 0.0792. The summed E-state index contributed by atoms with van der Waals surface area (Å²) < 4.78 is 7.08. The summed E-state index contributed by atoms with van der Waals surface area (Å²) >= 11 is 1.48. The first-order chi connectivity index (χ1) is 10.6. The highest BCUT2D eigenvalue weighted by Crippen LogP contribution is 2.45. The van der Waals surface area contributed by atoms with Gasteiger partial charge in [0.1, 0.15) is 5.60 Å². The topological polar surface area (TPSA) is 99.0 Å². The van der Waals surface area contributed by atoms with Gasteiger partial charge >= 0.3 is 5.97 Å². The third-order valence-corrected chi connectivity index (χ3v) is 5.32. The molecule has 120 valence electrons. The molecule has 8 nitrogen and oxygen atoms in total. The molecule has 2 heterocycles. The summed E-state index contributed by atoms with van der Waals surface area (Å²) in [4.78, 5) is 24.0. The van der Waals surface area contributed by atoms with Gasteiger partial charge in [-0.2, -0.15) is 0 Å². The molecule has 1 aliphatic carbocycles. The number of rotatable bonds is 5. The van der Waals surface area contributed by atoms with Crippen LogP contribution in [0.2, 0.25) is 0 Å². The van der Waals surface area contributed by atoms with E-state index in [1.54, 1.807) is 11.7 Å². The van der Waals surface area contributed by atoms with Crippen molar-refractivity contribution < 1.29 is 14.3 Å². The minimum Gasteiger partial charge on any atom is -0.458 e. The van der Waals surface area contributed by atoms with E-state index in [2.05, 4.69) is 20.8 Å². The lowest BCUT2D eigenvalue weighted by Gasteiger charge is -2.27. The molecule has 1 saturated carbocycles. The average molecular weight is 325 g/mol. The van der Waals surface area contributed by atoms with Crippen molar-refractivity contribution in [2.24, 2.45) is 13.0 Å². The van der Waals surface area contributed by atoms with Crippen molar-refractivity contribution in [3.05, 3.63) is 0 Å². The number of ether oxygens (including phenoxy) is 1. The van der Waals surface area contributed by atoms with Crippen molar-refractivity contribution in [3.8, 4) is 0 Å². The molecule has 1 aromatic heterocycles. The summed E-state index contributed by atoms with van der Waals surface area (Å²) in [6.45, 7) is 0.511. The highest BCUT2D eigenvalue weighted by Gasteiger charge is 2.53. The molecule has 1 aliphatic heterocycles. The van der Waals surface area contributed by atoms with Gasteiger partial charge in [0.15, 0.2) is 0 Å². The van der Waals surface area contributed by atoms with E-state index in [-0.39, 0.29) is 24.2 Å². The van der Waals surface area contributed by atoms with E-state index in [1.807, 2.05) is 0 Å². The molecule has 2 fully saturated rings. The first kappa shape index (κ1) is 15.3. The lowest BCUT2D eigenvalue weighted by Crippen LogP contribution is -2.43. The van der Waals surface area contributed by atoms with Gasteiger partial charge in [-0.15, -0.1) is 5.10 Å². The van der Waals surface area contributed by atoms with Gasteiger partial charge in [-0.05, 0) is 36.1 Å². The molecule has 1 amide bonds. The van der Waals surface area contributed by atoms with Gasteiger partial charge in [-0.3, -0.25) is 9.59 Å². The van der Waals surface area contributed by atoms with E-state index < -0.39 is 5.60 Å². The Morgan fingerprint density at radius 1 is 1.50 bits per heavy atom. The lowest BCUT2D eigenvalue weighted by atomic mass is 9.85. The molecule has 1 saturated heterocycles. The van der Waals surface area contributed by atoms with Crippen LogP contribution in [0.5, 0.6) is 0 Å². The van der Waals surface area contributed by atoms with Crippen molar-refractivity contribution in [2.75, 3.05) is 12.3 Å². The number of carbonyl (C=O) groups excluding carboxylic acids is 2. The summed E-state index contributed by atoms with van der Waals surface area (Å²) in [5.41, 5.74) is -0.540. The Balaban J connectivity index is 1.49. The van der Waals surface area contributed by atoms with E-state index in [0.717, 1.165) is 25.7 Å². The third kappa shape index (κ3) is 2.94. The molecule has 1 atom stereocenters. The van der Waals surface area contributed by atoms with E-state index in [1.165, 1.54) is 11.8 Å². The normalized spacial score (nSPS) is 23.0. The van der Waals surface area contributed by atoms with Crippen LogP contribution in [0.15, 0.2) is 5.16 Å². The second-order valence-corrected chi connectivity index (χ2v) is 6.79. The second-order valence-electron chi connectivity index (χ2n) is 5.73. The molecular weight excluding hydrogens is 306 g/mol. The maximum Gasteiger partial charge on any atom is 0.307 e. The van der Waals surface area contributed by atoms with E-state index in [0.29, 0.717) is 17.5 Å². The molecule has 0 unspecified atom stereocenters. The van der Waals surface area contributed by atoms with Crippen molar-refractivity contribution >= 4 is 23.6 Å². The smallest absolute Gasteiger partial charge is 0.307 e. The van der Waals surface area contributed by atoms with Crippen LogP contribution in [0.25, 0.3) is 0 Å². The fourth-order valence-electron chi connectivity index (χ4n) is 3.23. The first-order valence-electron chi connectivity index (χ1n) is 7.45. The maximum atomic E-state index is 12.4. The number of nitrogens with one attached hydrogen (secondary N) is 1. The zero-order valence-electron chi connectivity index (χ0n) is 12.4. The number of hydrogen-bond acceptors (Lipinski definition) is 7. The molecule has 2 aliphatic rings. The summed E-state index contributed by atoms with van der Waals surface area (Å²) in [7, 11) is 1.77. The fraction of sp³-hybridized carbons (Fsp3) is 0.769. The van der Waals surface area contributed by atoms with Crippen molar-refractivity contribution in [1.82, 2.24) is 25.5 Å². The number of hydrogen-bond donors (Lipinski definition) is 1. The monoisotopic (exact) mass is 325 g/mol. The van der Waals surface area contributed by atoms with Gasteiger partial charge in [0.25, 0.3) is 0 Å². The van der Waals surface area contributed by atoms with Crippen LogP contribution in [0.1, 0.15) is 32.1 Å². The number of nitrogens with zero attached hydrogens (tertiary/aromatic N) is 4. The lowest BCUT2D eigenvalue weighted by molar-refractivity contribution is -0.149. The summed E-state index contributed by atoms with van der Waals surface area (Å²) in [5, 5.41) is 14.8. The summed E-state index contributed by atoms with van der Waals surface area (Å²) in [6, 6.07) is 0. The Morgan fingerprint density at radius 2 is 2.27 bits per heavy atom. The van der Waals surface area contributed by atoms with Gasteiger partial charge in [0, 0.05) is 19.3 Å². The number of carbonyl (C=O) groups is 2. The molecule has 1 N–H and O–H groups in total. The first-order valence-corrected chi connectivity index (χ1v) is 8.44. The Kier molecular flexibility index (Phi) is 4.32. The number of thioether (sulfide) groups is 1. The Labute approximate surface area is 132 Å². The Morgan fingerprint density at radius 3 is 2.95 bits per heavy atom. The van der Waals surface area contributed by atoms with E-state index in [4.69, 9.17) is 4.74 Å². The van der Waals surface area contributed by atoms with Crippen LogP contribution < -0.4 is 5.32 Å². The zero-order chi connectivity index (χ0) is 15.6. The summed E-state index contributed by atoms with van der Waals surface area (Å²) in [5.74, 6) is 0.00380. The number of aromatic nitrogens is 4. The SMILES string of the molecule is Cn1nnnc1SCCNC(=O)[C@H]1CC(=O)OC12CCCC2. The van der Waals surface area contributed by atoms with Crippen LogP contribution in [0, 0.1) is 5.92 Å². The fourth-order valence-corrected chi connectivity index (χ4v) is 3.94. The van der Waals surface area contributed by atoms with Gasteiger partial charge in [-0.1, -0.05) is 11.8 Å². The Bertz CT molecular complexity index is 570.